The van der Waals surface area contributed by atoms with Crippen molar-refractivity contribution in [3.05, 3.63) is 64.9 Å². The van der Waals surface area contributed by atoms with Crippen LogP contribution in [0.25, 0.3) is 11.4 Å². The van der Waals surface area contributed by atoms with Crippen LogP contribution in [0.1, 0.15) is 5.56 Å². The fraction of sp³-hybridized carbons (Fsp3) is 0. The summed E-state index contributed by atoms with van der Waals surface area (Å²) in [6, 6.07) is 9.65. The average Bonchev–Trinajstić information content (AvgIpc) is 2.89. The summed E-state index contributed by atoms with van der Waals surface area (Å²) in [5, 5.41) is 11.2. The Morgan fingerprint density at radius 2 is 1.86 bits per heavy atom. The molecule has 0 aliphatic rings. The smallest absolute Gasteiger partial charge is 0.216 e. The maximum atomic E-state index is 12.9. The van der Waals surface area contributed by atoms with Crippen LogP contribution < -0.4 is 0 Å². The lowest BCUT2D eigenvalue weighted by molar-refractivity contribution is 0.628. The van der Waals surface area contributed by atoms with Crippen molar-refractivity contribution < 1.29 is 4.39 Å². The lowest BCUT2D eigenvalue weighted by Crippen LogP contribution is -1.95. The minimum atomic E-state index is -0.287. The van der Waals surface area contributed by atoms with Gasteiger partial charge in [-0.05, 0) is 42.0 Å². The second-order valence-electron chi connectivity index (χ2n) is 4.20. The fourth-order valence-corrected chi connectivity index (χ4v) is 1.94. The summed E-state index contributed by atoms with van der Waals surface area (Å²) < 4.78 is 14.7. The third kappa shape index (κ3) is 2.92. The van der Waals surface area contributed by atoms with E-state index in [0.29, 0.717) is 10.6 Å². The van der Waals surface area contributed by atoms with E-state index in [1.165, 1.54) is 16.8 Å². The summed E-state index contributed by atoms with van der Waals surface area (Å²) in [6.07, 6.45) is 4.93. The molecule has 0 unspecified atom stereocenters. The zero-order valence-electron chi connectivity index (χ0n) is 10.8. The molecule has 0 radical (unpaired) electrons. The van der Waals surface area contributed by atoms with Crippen molar-refractivity contribution in [3.8, 4) is 11.4 Å². The van der Waals surface area contributed by atoms with Gasteiger partial charge in [0.05, 0.1) is 6.21 Å². The van der Waals surface area contributed by atoms with E-state index in [4.69, 9.17) is 12.2 Å². The standard InChI is InChI=1S/C14H10FN5S/c15-12-3-1-10(2-4-12)9-17-20-13(18-19-14(20)21)11-5-7-16-8-6-11/h1-9H,(H,19,21)/b17-9-. The number of nitrogens with one attached hydrogen (secondary N) is 1. The Kier molecular flexibility index (Phi) is 3.65. The van der Waals surface area contributed by atoms with Crippen LogP contribution in [-0.4, -0.2) is 26.1 Å². The SMILES string of the molecule is Fc1ccc(/C=N\n2c(-c3ccncc3)n[nH]c2=S)cc1. The number of pyridine rings is 1. The highest BCUT2D eigenvalue weighted by molar-refractivity contribution is 7.71. The highest BCUT2D eigenvalue weighted by Gasteiger charge is 2.07. The monoisotopic (exact) mass is 299 g/mol. The van der Waals surface area contributed by atoms with E-state index in [1.54, 1.807) is 30.7 Å². The second-order valence-corrected chi connectivity index (χ2v) is 4.58. The Morgan fingerprint density at radius 3 is 2.57 bits per heavy atom. The number of benzene rings is 1. The molecule has 2 aromatic heterocycles. The van der Waals surface area contributed by atoms with Crippen LogP contribution in [-0.2, 0) is 0 Å². The molecule has 0 fully saturated rings. The molecule has 0 atom stereocenters. The molecular formula is C14H10FN5S. The number of hydrogen-bond acceptors (Lipinski definition) is 4. The summed E-state index contributed by atoms with van der Waals surface area (Å²) in [5.41, 5.74) is 1.61. The topological polar surface area (TPSA) is 58.9 Å². The molecule has 1 aromatic carbocycles. The molecule has 0 spiro atoms. The maximum absolute atomic E-state index is 12.9. The van der Waals surface area contributed by atoms with Gasteiger partial charge in [-0.15, -0.1) is 0 Å². The minimum absolute atomic E-state index is 0.287. The Balaban J connectivity index is 1.98. The number of aromatic amines is 1. The number of halogens is 1. The van der Waals surface area contributed by atoms with Gasteiger partial charge in [0.2, 0.25) is 4.77 Å². The molecular weight excluding hydrogens is 289 g/mol. The molecule has 3 rings (SSSR count). The Labute approximate surface area is 124 Å². The number of hydrogen-bond donors (Lipinski definition) is 1. The van der Waals surface area contributed by atoms with E-state index in [-0.39, 0.29) is 5.82 Å². The van der Waals surface area contributed by atoms with Crippen molar-refractivity contribution in [1.29, 1.82) is 0 Å². The molecule has 0 aliphatic heterocycles. The second kappa shape index (κ2) is 5.76. The van der Waals surface area contributed by atoms with Gasteiger partial charge in [0, 0.05) is 18.0 Å². The highest BCUT2D eigenvalue weighted by atomic mass is 32.1. The Bertz CT molecular complexity index is 821. The van der Waals surface area contributed by atoms with Crippen LogP contribution in [0.4, 0.5) is 4.39 Å². The van der Waals surface area contributed by atoms with E-state index in [1.807, 2.05) is 12.1 Å². The fourth-order valence-electron chi connectivity index (χ4n) is 1.76. The van der Waals surface area contributed by atoms with Gasteiger partial charge in [-0.2, -0.15) is 14.9 Å². The third-order valence-electron chi connectivity index (χ3n) is 2.78. The first-order valence-electron chi connectivity index (χ1n) is 6.12. The molecule has 21 heavy (non-hydrogen) atoms. The van der Waals surface area contributed by atoms with Crippen molar-refractivity contribution in [2.24, 2.45) is 5.10 Å². The minimum Gasteiger partial charge on any atom is -0.265 e. The van der Waals surface area contributed by atoms with Crippen molar-refractivity contribution in [2.45, 2.75) is 0 Å². The first-order valence-corrected chi connectivity index (χ1v) is 6.52. The van der Waals surface area contributed by atoms with Gasteiger partial charge >= 0.3 is 0 Å². The molecule has 3 aromatic rings. The van der Waals surface area contributed by atoms with E-state index < -0.39 is 0 Å². The van der Waals surface area contributed by atoms with Crippen LogP contribution in [0, 0.1) is 10.6 Å². The van der Waals surface area contributed by atoms with Crippen molar-refractivity contribution in [2.75, 3.05) is 0 Å². The molecule has 7 heteroatoms. The largest absolute Gasteiger partial charge is 0.265 e. The lowest BCUT2D eigenvalue weighted by Gasteiger charge is -2.00. The van der Waals surface area contributed by atoms with Crippen molar-refractivity contribution in [1.82, 2.24) is 19.9 Å². The maximum Gasteiger partial charge on any atom is 0.216 e. The summed E-state index contributed by atoms with van der Waals surface area (Å²) >= 11 is 5.16. The average molecular weight is 299 g/mol. The van der Waals surface area contributed by atoms with E-state index >= 15 is 0 Å². The lowest BCUT2D eigenvalue weighted by atomic mass is 10.2. The molecule has 0 aliphatic carbocycles. The van der Waals surface area contributed by atoms with Crippen LogP contribution >= 0.6 is 12.2 Å². The predicted octanol–water partition coefficient (Wildman–Crippen LogP) is 3.02. The number of aromatic nitrogens is 4. The van der Waals surface area contributed by atoms with Gasteiger partial charge in [0.25, 0.3) is 0 Å². The zero-order chi connectivity index (χ0) is 14.7. The molecule has 2 heterocycles. The van der Waals surface area contributed by atoms with Crippen LogP contribution in [0.2, 0.25) is 0 Å². The Morgan fingerprint density at radius 1 is 1.14 bits per heavy atom. The molecule has 5 nitrogen and oxygen atoms in total. The number of rotatable bonds is 3. The van der Waals surface area contributed by atoms with Gasteiger partial charge in [0.15, 0.2) is 5.82 Å². The van der Waals surface area contributed by atoms with E-state index in [0.717, 1.165) is 11.1 Å². The van der Waals surface area contributed by atoms with Gasteiger partial charge < -0.3 is 0 Å². The van der Waals surface area contributed by atoms with Gasteiger partial charge in [-0.1, -0.05) is 12.1 Å². The normalized spacial score (nSPS) is 11.1. The highest BCUT2D eigenvalue weighted by Crippen LogP contribution is 2.15. The summed E-state index contributed by atoms with van der Waals surface area (Å²) in [4.78, 5) is 3.96. The van der Waals surface area contributed by atoms with Crippen LogP contribution in [0.15, 0.2) is 53.9 Å². The van der Waals surface area contributed by atoms with Crippen molar-refractivity contribution >= 4 is 18.4 Å². The zero-order valence-corrected chi connectivity index (χ0v) is 11.6. The Hall–Kier alpha value is -2.67. The molecule has 1 N–H and O–H groups in total. The van der Waals surface area contributed by atoms with Crippen LogP contribution in [0.5, 0.6) is 0 Å². The van der Waals surface area contributed by atoms with Crippen LogP contribution in [0.3, 0.4) is 0 Å². The molecule has 0 bridgehead atoms. The summed E-state index contributed by atoms with van der Waals surface area (Å²) in [7, 11) is 0. The number of H-pyrrole nitrogens is 1. The summed E-state index contributed by atoms with van der Waals surface area (Å²) in [6.45, 7) is 0. The van der Waals surface area contributed by atoms with Gasteiger partial charge in [0.1, 0.15) is 5.82 Å². The van der Waals surface area contributed by atoms with Gasteiger partial charge in [-0.3, -0.25) is 4.98 Å². The molecule has 104 valence electrons. The quantitative estimate of drug-likeness (QED) is 0.597. The van der Waals surface area contributed by atoms with E-state index in [2.05, 4.69) is 20.3 Å². The molecule has 0 saturated carbocycles. The predicted molar refractivity (Wildman–Crippen MR) is 80.0 cm³/mol. The van der Waals surface area contributed by atoms with Crippen molar-refractivity contribution in [3.63, 3.8) is 0 Å². The summed E-state index contributed by atoms with van der Waals surface area (Å²) in [5.74, 6) is 0.297. The first kappa shape index (κ1) is 13.3. The number of nitrogens with zero attached hydrogens (tertiary/aromatic N) is 4. The van der Waals surface area contributed by atoms with E-state index in [9.17, 15) is 4.39 Å². The van der Waals surface area contributed by atoms with Gasteiger partial charge in [-0.25, -0.2) is 9.49 Å². The first-order chi connectivity index (χ1) is 10.2. The molecule has 0 saturated heterocycles. The molecule has 0 amide bonds. The third-order valence-corrected chi connectivity index (χ3v) is 3.05.